The lowest BCUT2D eigenvalue weighted by Gasteiger charge is -2.17. The molecule has 0 amide bonds. The van der Waals surface area contributed by atoms with Crippen LogP contribution in [0.2, 0.25) is 0 Å². The fourth-order valence-electron chi connectivity index (χ4n) is 3.14. The number of rotatable bonds is 6. The van der Waals surface area contributed by atoms with Crippen molar-refractivity contribution < 1.29 is 9.15 Å². The number of hydrogen-bond acceptors (Lipinski definition) is 6. The monoisotopic (exact) mass is 350 g/mol. The Morgan fingerprint density at radius 3 is 2.65 bits per heavy atom. The summed E-state index contributed by atoms with van der Waals surface area (Å²) in [4.78, 5) is 2.42. The first-order chi connectivity index (χ1) is 12.8. The summed E-state index contributed by atoms with van der Waals surface area (Å²) < 4.78 is 11.0. The number of ether oxygens (including phenoxy) is 1. The molecule has 1 aromatic heterocycles. The SMILES string of the molecule is COc1cccc(-c2nnc(CNc3ccc(N4CCCC4)cc3)o2)c1. The third-order valence-corrected chi connectivity index (χ3v) is 4.57. The molecule has 26 heavy (non-hydrogen) atoms. The van der Waals surface area contributed by atoms with E-state index in [1.165, 1.54) is 18.5 Å². The summed E-state index contributed by atoms with van der Waals surface area (Å²) in [5.74, 6) is 1.80. The molecule has 6 heteroatoms. The normalized spacial score (nSPS) is 13.8. The van der Waals surface area contributed by atoms with Crippen molar-refractivity contribution in [2.45, 2.75) is 19.4 Å². The van der Waals surface area contributed by atoms with Gasteiger partial charge in [0.05, 0.1) is 13.7 Å². The van der Waals surface area contributed by atoms with E-state index in [0.29, 0.717) is 18.3 Å². The van der Waals surface area contributed by atoms with Gasteiger partial charge in [-0.1, -0.05) is 6.07 Å². The number of anilines is 2. The highest BCUT2D eigenvalue weighted by atomic mass is 16.5. The van der Waals surface area contributed by atoms with Crippen molar-refractivity contribution in [1.82, 2.24) is 10.2 Å². The molecule has 2 aromatic carbocycles. The Bertz CT molecular complexity index is 854. The second kappa shape index (κ2) is 7.47. The summed E-state index contributed by atoms with van der Waals surface area (Å²) in [6.45, 7) is 2.80. The average molecular weight is 350 g/mol. The topological polar surface area (TPSA) is 63.4 Å². The van der Waals surface area contributed by atoms with Gasteiger partial charge in [0.1, 0.15) is 5.75 Å². The molecule has 134 valence electrons. The molecule has 1 fully saturated rings. The molecule has 0 spiro atoms. The van der Waals surface area contributed by atoms with Crippen LogP contribution >= 0.6 is 0 Å². The Morgan fingerprint density at radius 2 is 1.88 bits per heavy atom. The van der Waals surface area contributed by atoms with Crippen molar-refractivity contribution in [3.8, 4) is 17.2 Å². The third kappa shape index (κ3) is 3.64. The zero-order valence-electron chi connectivity index (χ0n) is 14.8. The molecule has 6 nitrogen and oxygen atoms in total. The molecule has 2 heterocycles. The molecular formula is C20H22N4O2. The van der Waals surface area contributed by atoms with Crippen LogP contribution in [0.1, 0.15) is 18.7 Å². The molecule has 1 saturated heterocycles. The Kier molecular flexibility index (Phi) is 4.73. The zero-order chi connectivity index (χ0) is 17.8. The van der Waals surface area contributed by atoms with Gasteiger partial charge in [0.25, 0.3) is 0 Å². The van der Waals surface area contributed by atoms with Gasteiger partial charge in [-0.2, -0.15) is 0 Å². The van der Waals surface area contributed by atoms with Gasteiger partial charge in [-0.15, -0.1) is 10.2 Å². The molecule has 1 aliphatic rings. The van der Waals surface area contributed by atoms with Gasteiger partial charge >= 0.3 is 0 Å². The van der Waals surface area contributed by atoms with Gasteiger partial charge in [0.2, 0.25) is 11.8 Å². The van der Waals surface area contributed by atoms with Crippen molar-refractivity contribution in [1.29, 1.82) is 0 Å². The zero-order valence-corrected chi connectivity index (χ0v) is 14.8. The molecule has 3 aromatic rings. The van der Waals surface area contributed by atoms with E-state index in [4.69, 9.17) is 9.15 Å². The van der Waals surface area contributed by atoms with Crippen LogP contribution in [-0.4, -0.2) is 30.4 Å². The van der Waals surface area contributed by atoms with E-state index in [2.05, 4.69) is 44.7 Å². The number of hydrogen-bond donors (Lipinski definition) is 1. The highest BCUT2D eigenvalue weighted by molar-refractivity contribution is 5.56. The van der Waals surface area contributed by atoms with Gasteiger partial charge in [-0.05, 0) is 55.3 Å². The van der Waals surface area contributed by atoms with Crippen molar-refractivity contribution in [2.75, 3.05) is 30.4 Å². The number of nitrogens with zero attached hydrogens (tertiary/aromatic N) is 3. The van der Waals surface area contributed by atoms with E-state index >= 15 is 0 Å². The number of benzene rings is 2. The Labute approximate surface area is 152 Å². The smallest absolute Gasteiger partial charge is 0.247 e. The molecule has 0 bridgehead atoms. The van der Waals surface area contributed by atoms with E-state index in [-0.39, 0.29) is 0 Å². The van der Waals surface area contributed by atoms with Crippen LogP contribution in [0, 0.1) is 0 Å². The predicted molar refractivity (Wildman–Crippen MR) is 102 cm³/mol. The van der Waals surface area contributed by atoms with Gasteiger partial charge in [0, 0.05) is 30.0 Å². The highest BCUT2D eigenvalue weighted by Gasteiger charge is 2.12. The van der Waals surface area contributed by atoms with Crippen molar-refractivity contribution in [2.24, 2.45) is 0 Å². The summed E-state index contributed by atoms with van der Waals surface area (Å²) in [7, 11) is 1.64. The number of nitrogens with one attached hydrogen (secondary N) is 1. The first-order valence-corrected chi connectivity index (χ1v) is 8.87. The minimum Gasteiger partial charge on any atom is -0.497 e. The van der Waals surface area contributed by atoms with Gasteiger partial charge in [0.15, 0.2) is 0 Å². The quantitative estimate of drug-likeness (QED) is 0.726. The van der Waals surface area contributed by atoms with Gasteiger partial charge < -0.3 is 19.4 Å². The Morgan fingerprint density at radius 1 is 1.08 bits per heavy atom. The summed E-state index contributed by atoms with van der Waals surface area (Å²) in [6, 6.07) is 16.1. The number of methoxy groups -OCH3 is 1. The van der Waals surface area contributed by atoms with Crippen LogP contribution in [0.15, 0.2) is 52.9 Å². The Balaban J connectivity index is 1.38. The van der Waals surface area contributed by atoms with Crippen LogP contribution < -0.4 is 15.0 Å². The summed E-state index contributed by atoms with van der Waals surface area (Å²) in [6.07, 6.45) is 2.57. The van der Waals surface area contributed by atoms with Crippen LogP contribution in [0.5, 0.6) is 5.75 Å². The molecule has 0 radical (unpaired) electrons. The first kappa shape index (κ1) is 16.4. The van der Waals surface area contributed by atoms with Crippen LogP contribution in [0.4, 0.5) is 11.4 Å². The maximum absolute atomic E-state index is 5.75. The summed E-state index contributed by atoms with van der Waals surface area (Å²) in [5.41, 5.74) is 3.17. The first-order valence-electron chi connectivity index (χ1n) is 8.87. The van der Waals surface area contributed by atoms with E-state index in [1.54, 1.807) is 7.11 Å². The largest absolute Gasteiger partial charge is 0.497 e. The molecule has 0 atom stereocenters. The Hall–Kier alpha value is -3.02. The molecule has 0 unspecified atom stereocenters. The summed E-state index contributed by atoms with van der Waals surface area (Å²) in [5, 5.41) is 11.6. The maximum Gasteiger partial charge on any atom is 0.247 e. The van der Waals surface area contributed by atoms with Gasteiger partial charge in [-0.3, -0.25) is 0 Å². The molecule has 0 saturated carbocycles. The summed E-state index contributed by atoms with van der Waals surface area (Å²) >= 11 is 0. The standard InChI is InChI=1S/C20H22N4O2/c1-25-18-6-4-5-15(13-18)20-23-22-19(26-20)14-21-16-7-9-17(10-8-16)24-11-2-3-12-24/h4-10,13,21H,2-3,11-12,14H2,1H3. The molecule has 0 aliphatic carbocycles. The van der Waals surface area contributed by atoms with Crippen molar-refractivity contribution in [3.05, 3.63) is 54.4 Å². The molecule has 4 rings (SSSR count). The van der Waals surface area contributed by atoms with Crippen LogP contribution in [0.3, 0.4) is 0 Å². The average Bonchev–Trinajstić information content (AvgIpc) is 3.39. The minimum absolute atomic E-state index is 0.486. The second-order valence-corrected chi connectivity index (χ2v) is 6.33. The molecule has 1 aliphatic heterocycles. The van der Waals surface area contributed by atoms with E-state index in [9.17, 15) is 0 Å². The van der Waals surface area contributed by atoms with E-state index < -0.39 is 0 Å². The third-order valence-electron chi connectivity index (χ3n) is 4.57. The fourth-order valence-corrected chi connectivity index (χ4v) is 3.14. The van der Waals surface area contributed by atoms with Crippen molar-refractivity contribution >= 4 is 11.4 Å². The molecular weight excluding hydrogens is 328 g/mol. The van der Waals surface area contributed by atoms with Crippen LogP contribution in [-0.2, 0) is 6.54 Å². The fraction of sp³-hybridized carbons (Fsp3) is 0.300. The van der Waals surface area contributed by atoms with Crippen molar-refractivity contribution in [3.63, 3.8) is 0 Å². The predicted octanol–water partition coefficient (Wildman–Crippen LogP) is 3.96. The lowest BCUT2D eigenvalue weighted by molar-refractivity contribution is 0.414. The highest BCUT2D eigenvalue weighted by Crippen LogP contribution is 2.24. The number of aromatic nitrogens is 2. The lowest BCUT2D eigenvalue weighted by Crippen LogP contribution is -2.17. The van der Waals surface area contributed by atoms with Gasteiger partial charge in [-0.25, -0.2) is 0 Å². The maximum atomic E-state index is 5.75. The van der Waals surface area contributed by atoms with E-state index in [0.717, 1.165) is 30.1 Å². The van der Waals surface area contributed by atoms with E-state index in [1.807, 2.05) is 24.3 Å². The lowest BCUT2D eigenvalue weighted by atomic mass is 10.2. The molecule has 1 N–H and O–H groups in total. The van der Waals surface area contributed by atoms with Crippen LogP contribution in [0.25, 0.3) is 11.5 Å². The second-order valence-electron chi connectivity index (χ2n) is 6.33. The minimum atomic E-state index is 0.486.